The van der Waals surface area contributed by atoms with Gasteiger partial charge in [-0.05, 0) is 24.7 Å². The summed E-state index contributed by atoms with van der Waals surface area (Å²) in [6.45, 7) is 0. The van der Waals surface area contributed by atoms with E-state index >= 15 is 0 Å². The van der Waals surface area contributed by atoms with Gasteiger partial charge in [0.05, 0.1) is 0 Å². The first-order chi connectivity index (χ1) is 4.38. The lowest BCUT2D eigenvalue weighted by molar-refractivity contribution is 0.480. The molecule has 2 nitrogen and oxygen atoms in total. The average Bonchev–Trinajstić information content (AvgIpc) is 2.61. The summed E-state index contributed by atoms with van der Waals surface area (Å²) in [6, 6.07) is 5.57. The summed E-state index contributed by atoms with van der Waals surface area (Å²) in [5.74, 6) is 0.426. The lowest BCUT2D eigenvalue weighted by Crippen LogP contribution is -1.69. The highest BCUT2D eigenvalue weighted by Gasteiger charge is 2.15. The Labute approximate surface area is 53.9 Å². The molecule has 2 heteroatoms. The Kier molecular flexibility index (Phi) is 1.40. The van der Waals surface area contributed by atoms with Gasteiger partial charge in [-0.1, -0.05) is 6.07 Å². The van der Waals surface area contributed by atoms with Gasteiger partial charge in [-0.3, -0.25) is 0 Å². The Bertz CT molecular complexity index is 220. The van der Waals surface area contributed by atoms with E-state index in [2.05, 4.69) is 5.73 Å². The topological polar surface area (TPSA) is 46.2 Å². The quantitative estimate of drug-likeness (QED) is 0.547. The summed E-state index contributed by atoms with van der Waals surface area (Å²) in [5, 5.41) is 8.78. The van der Waals surface area contributed by atoms with Crippen molar-refractivity contribution in [1.82, 2.24) is 0 Å². The SMILES string of the molecule is CN.Oc1ccc2cc1-2. The third-order valence-electron chi connectivity index (χ3n) is 1.22. The summed E-state index contributed by atoms with van der Waals surface area (Å²) in [6.07, 6.45) is 0. The van der Waals surface area contributed by atoms with Crippen molar-refractivity contribution in [2.45, 2.75) is 0 Å². The van der Waals surface area contributed by atoms with Crippen LogP contribution in [0.15, 0.2) is 18.2 Å². The highest BCUT2D eigenvalue weighted by molar-refractivity contribution is 5.86. The first-order valence-electron chi connectivity index (χ1n) is 2.79. The molecule has 2 aliphatic rings. The fourth-order valence-electron chi connectivity index (χ4n) is 0.738. The van der Waals surface area contributed by atoms with Crippen molar-refractivity contribution in [3.63, 3.8) is 0 Å². The third kappa shape index (κ3) is 0.886. The van der Waals surface area contributed by atoms with Crippen LogP contribution in [-0.2, 0) is 0 Å². The van der Waals surface area contributed by atoms with E-state index in [1.54, 1.807) is 6.07 Å². The summed E-state index contributed by atoms with van der Waals surface area (Å²) < 4.78 is 0. The number of rotatable bonds is 0. The molecule has 2 rings (SSSR count). The van der Waals surface area contributed by atoms with Crippen LogP contribution in [0.2, 0.25) is 0 Å². The van der Waals surface area contributed by atoms with E-state index in [1.165, 1.54) is 12.6 Å². The molecule has 0 aliphatic heterocycles. The van der Waals surface area contributed by atoms with E-state index in [1.807, 2.05) is 12.1 Å². The second kappa shape index (κ2) is 2.07. The van der Waals surface area contributed by atoms with E-state index in [0.29, 0.717) is 5.75 Å². The molecule has 0 aromatic heterocycles. The number of benzene rings is 1. The molecule has 9 heavy (non-hydrogen) atoms. The van der Waals surface area contributed by atoms with E-state index in [4.69, 9.17) is 5.11 Å². The van der Waals surface area contributed by atoms with Crippen LogP contribution in [0.5, 0.6) is 5.75 Å². The van der Waals surface area contributed by atoms with Gasteiger partial charge in [0.1, 0.15) is 5.75 Å². The predicted molar refractivity (Wildman–Crippen MR) is 37.2 cm³/mol. The van der Waals surface area contributed by atoms with Crippen molar-refractivity contribution in [3.05, 3.63) is 18.2 Å². The molecule has 0 aromatic rings. The maximum atomic E-state index is 8.78. The molecule has 0 spiro atoms. The highest BCUT2D eigenvalue weighted by atomic mass is 16.3. The molecule has 0 saturated carbocycles. The Hall–Kier alpha value is -1.02. The smallest absolute Gasteiger partial charge is 0.123 e. The fraction of sp³-hybridized carbons (Fsp3) is 0.143. The molecule has 0 saturated heterocycles. The van der Waals surface area contributed by atoms with Gasteiger partial charge >= 0.3 is 0 Å². The van der Waals surface area contributed by atoms with Gasteiger partial charge in [0.2, 0.25) is 0 Å². The van der Waals surface area contributed by atoms with E-state index in [9.17, 15) is 0 Å². The number of hydrogen-bond acceptors (Lipinski definition) is 2. The van der Waals surface area contributed by atoms with Gasteiger partial charge in [0.15, 0.2) is 0 Å². The summed E-state index contributed by atoms with van der Waals surface area (Å²) in [5.41, 5.74) is 6.72. The number of phenolic OH excluding ortho intramolecular Hbond substituents is 1. The number of phenols is 1. The van der Waals surface area contributed by atoms with Crippen LogP contribution >= 0.6 is 0 Å². The number of aromatic hydroxyl groups is 1. The second-order valence-corrected chi connectivity index (χ2v) is 1.73. The van der Waals surface area contributed by atoms with E-state index in [0.717, 1.165) is 5.56 Å². The molecule has 3 N–H and O–H groups in total. The Morgan fingerprint density at radius 3 is 2.11 bits per heavy atom. The molecule has 0 bridgehead atoms. The standard InChI is InChI=1S/C6H4O.CH5N/c7-6-2-1-4-3-5(4)6;1-2/h1-3,7H;2H2,1H3. The largest absolute Gasteiger partial charge is 0.507 e. The summed E-state index contributed by atoms with van der Waals surface area (Å²) >= 11 is 0. The second-order valence-electron chi connectivity index (χ2n) is 1.73. The number of fused-ring (bicyclic) bond motifs is 1. The van der Waals surface area contributed by atoms with Crippen LogP contribution in [0.4, 0.5) is 0 Å². The van der Waals surface area contributed by atoms with Crippen molar-refractivity contribution in [2.24, 2.45) is 5.73 Å². The van der Waals surface area contributed by atoms with Crippen molar-refractivity contribution >= 4 is 0 Å². The van der Waals surface area contributed by atoms with Crippen LogP contribution in [0.3, 0.4) is 0 Å². The van der Waals surface area contributed by atoms with E-state index in [-0.39, 0.29) is 0 Å². The first kappa shape index (κ1) is 6.11. The lowest BCUT2D eigenvalue weighted by atomic mass is 10.5. The lowest BCUT2D eigenvalue weighted by Gasteiger charge is -1.72. The van der Waals surface area contributed by atoms with Crippen LogP contribution in [0, 0.1) is 0 Å². The molecule has 2 aliphatic carbocycles. The average molecular weight is 123 g/mol. The Morgan fingerprint density at radius 2 is 2.00 bits per heavy atom. The minimum Gasteiger partial charge on any atom is -0.507 e. The minimum absolute atomic E-state index is 0.426. The van der Waals surface area contributed by atoms with Gasteiger partial charge in [-0.15, -0.1) is 0 Å². The van der Waals surface area contributed by atoms with Crippen molar-refractivity contribution in [1.29, 1.82) is 0 Å². The van der Waals surface area contributed by atoms with Gasteiger partial charge in [0.25, 0.3) is 0 Å². The van der Waals surface area contributed by atoms with Crippen molar-refractivity contribution < 1.29 is 5.11 Å². The van der Waals surface area contributed by atoms with Gasteiger partial charge in [-0.2, -0.15) is 0 Å². The predicted octanol–water partition coefficient (Wildman–Crippen LogP) is 0.947. The molecule has 0 heterocycles. The maximum Gasteiger partial charge on any atom is 0.123 e. The zero-order valence-electron chi connectivity index (χ0n) is 5.26. The molecular weight excluding hydrogens is 114 g/mol. The molecule has 48 valence electrons. The Balaban J connectivity index is 0.000000186. The highest BCUT2D eigenvalue weighted by Crippen LogP contribution is 2.42. The molecular formula is C7H9NO. The van der Waals surface area contributed by atoms with Gasteiger partial charge < -0.3 is 10.8 Å². The van der Waals surface area contributed by atoms with Crippen LogP contribution in [-0.4, -0.2) is 12.2 Å². The van der Waals surface area contributed by atoms with Crippen LogP contribution < -0.4 is 5.73 Å². The fourth-order valence-corrected chi connectivity index (χ4v) is 0.738. The van der Waals surface area contributed by atoms with E-state index < -0.39 is 0 Å². The normalized spacial score (nSPS) is 9.56. The van der Waals surface area contributed by atoms with Gasteiger partial charge in [0, 0.05) is 5.56 Å². The summed E-state index contributed by atoms with van der Waals surface area (Å²) in [4.78, 5) is 0. The Morgan fingerprint density at radius 1 is 1.33 bits per heavy atom. The third-order valence-corrected chi connectivity index (χ3v) is 1.22. The maximum absolute atomic E-state index is 8.78. The monoisotopic (exact) mass is 123 g/mol. The zero-order valence-corrected chi connectivity index (χ0v) is 5.26. The number of nitrogens with two attached hydrogens (primary N) is 1. The van der Waals surface area contributed by atoms with Gasteiger partial charge in [-0.25, -0.2) is 0 Å². The molecule has 0 aromatic carbocycles. The molecule has 0 amide bonds. The van der Waals surface area contributed by atoms with Crippen molar-refractivity contribution in [3.8, 4) is 16.9 Å². The zero-order chi connectivity index (χ0) is 6.85. The molecule has 0 atom stereocenters. The first-order valence-corrected chi connectivity index (χ1v) is 2.79. The van der Waals surface area contributed by atoms with Crippen LogP contribution in [0.1, 0.15) is 0 Å². The molecule has 0 fully saturated rings. The molecule has 0 radical (unpaired) electrons. The summed E-state index contributed by atoms with van der Waals surface area (Å²) in [7, 11) is 1.50. The number of hydrogen-bond donors (Lipinski definition) is 2. The van der Waals surface area contributed by atoms with Crippen LogP contribution in [0.25, 0.3) is 11.1 Å². The minimum atomic E-state index is 0.426. The molecule has 0 unspecified atom stereocenters. The van der Waals surface area contributed by atoms with Crippen molar-refractivity contribution in [2.75, 3.05) is 7.05 Å².